The summed E-state index contributed by atoms with van der Waals surface area (Å²) < 4.78 is 56.3. The van der Waals surface area contributed by atoms with Crippen LogP contribution in [0.1, 0.15) is 44.6 Å². The molecule has 1 fully saturated rings. The van der Waals surface area contributed by atoms with Gasteiger partial charge in [0.2, 0.25) is 0 Å². The Kier molecular flexibility index (Phi) is 8.12. The summed E-state index contributed by atoms with van der Waals surface area (Å²) in [5.41, 5.74) is -0.991. The van der Waals surface area contributed by atoms with E-state index >= 15 is 0 Å². The molecule has 2 aromatic rings. The number of halogens is 5. The number of aromatic nitrogens is 1. The van der Waals surface area contributed by atoms with E-state index < -0.39 is 23.6 Å². The second kappa shape index (κ2) is 10.8. The Labute approximate surface area is 195 Å². The maximum absolute atomic E-state index is 13.4. The van der Waals surface area contributed by atoms with Gasteiger partial charge < -0.3 is 15.4 Å². The van der Waals surface area contributed by atoms with E-state index in [9.17, 15) is 27.2 Å². The zero-order chi connectivity index (χ0) is 24.0. The third-order valence-corrected chi connectivity index (χ3v) is 5.65. The number of hydrogen-bond acceptors (Lipinski definition) is 4. The van der Waals surface area contributed by atoms with Crippen LogP contribution in [0.3, 0.4) is 0 Å². The largest absolute Gasteiger partial charge is 0.484 e. The van der Waals surface area contributed by atoms with Crippen molar-refractivity contribution in [1.82, 2.24) is 15.6 Å². The van der Waals surface area contributed by atoms with Gasteiger partial charge in [-0.05, 0) is 55.9 Å². The molecule has 1 aromatic heterocycles. The first-order valence-electron chi connectivity index (χ1n) is 10.3. The highest BCUT2D eigenvalue weighted by atomic mass is 35.5. The molecule has 0 unspecified atom stereocenters. The zero-order valence-corrected chi connectivity index (χ0v) is 18.2. The topological polar surface area (TPSA) is 80.3 Å². The number of pyridine rings is 1. The minimum atomic E-state index is -4.55. The van der Waals surface area contributed by atoms with Gasteiger partial charge in [-0.1, -0.05) is 11.6 Å². The van der Waals surface area contributed by atoms with E-state index in [1.807, 2.05) is 0 Å². The van der Waals surface area contributed by atoms with Crippen LogP contribution < -0.4 is 15.4 Å². The number of nitrogens with one attached hydrogen (secondary N) is 2. The average molecular weight is 492 g/mol. The van der Waals surface area contributed by atoms with Gasteiger partial charge in [0.25, 0.3) is 11.8 Å². The van der Waals surface area contributed by atoms with E-state index in [0.717, 1.165) is 37.2 Å². The minimum Gasteiger partial charge on any atom is -0.484 e. The summed E-state index contributed by atoms with van der Waals surface area (Å²) >= 11 is 5.60. The lowest BCUT2D eigenvalue weighted by atomic mass is 9.86. The Hall–Kier alpha value is -2.88. The van der Waals surface area contributed by atoms with Gasteiger partial charge in [-0.3, -0.25) is 14.6 Å². The van der Waals surface area contributed by atoms with Crippen molar-refractivity contribution in [1.29, 1.82) is 0 Å². The van der Waals surface area contributed by atoms with E-state index in [-0.39, 0.29) is 43.7 Å². The van der Waals surface area contributed by atoms with E-state index in [0.29, 0.717) is 19.4 Å². The molecule has 0 atom stereocenters. The molecule has 33 heavy (non-hydrogen) atoms. The molecule has 1 saturated carbocycles. The van der Waals surface area contributed by atoms with E-state index in [1.165, 1.54) is 12.1 Å². The first kappa shape index (κ1) is 24.8. The molecule has 0 radical (unpaired) electrons. The lowest BCUT2D eigenvalue weighted by Crippen LogP contribution is -2.41. The number of ether oxygens (including phenoxy) is 1. The summed E-state index contributed by atoms with van der Waals surface area (Å²) in [7, 11) is 0. The smallest absolute Gasteiger partial charge is 0.433 e. The van der Waals surface area contributed by atoms with Gasteiger partial charge in [0.15, 0.2) is 6.61 Å². The van der Waals surface area contributed by atoms with E-state index in [4.69, 9.17) is 16.3 Å². The molecule has 6 nitrogen and oxygen atoms in total. The Balaban J connectivity index is 0.00000306. The van der Waals surface area contributed by atoms with Crippen molar-refractivity contribution in [3.05, 3.63) is 58.6 Å². The van der Waals surface area contributed by atoms with Crippen molar-refractivity contribution in [3.63, 3.8) is 0 Å². The quantitative estimate of drug-likeness (QED) is 0.542. The predicted octanol–water partition coefficient (Wildman–Crippen LogP) is 4.87. The third-order valence-electron chi connectivity index (χ3n) is 5.34. The number of amides is 2. The number of carbonyl (C=O) groups excluding carboxylic acids is 2. The number of hydrogen-bond donors (Lipinski definition) is 2. The van der Waals surface area contributed by atoms with Crippen molar-refractivity contribution in [2.75, 3.05) is 13.2 Å². The SMILES string of the molecule is O=C(COc1ccc(Cl)c(F)c1)NC1CCC(CNC(=O)c2ccc(C(F)(F)F)nc2)CC1.[HH].[HH]. The minimum absolute atomic E-state index is 0. The van der Waals surface area contributed by atoms with E-state index in [2.05, 4.69) is 15.6 Å². The number of rotatable bonds is 7. The van der Waals surface area contributed by atoms with Gasteiger partial charge in [-0.15, -0.1) is 0 Å². The predicted molar refractivity (Wildman–Crippen MR) is 117 cm³/mol. The summed E-state index contributed by atoms with van der Waals surface area (Å²) in [5, 5.41) is 5.56. The van der Waals surface area contributed by atoms with Crippen LogP contribution in [0.4, 0.5) is 17.6 Å². The van der Waals surface area contributed by atoms with E-state index in [1.54, 1.807) is 0 Å². The average Bonchev–Trinajstić information content (AvgIpc) is 2.78. The number of carbonyl (C=O) groups is 2. The molecular formula is C22H26ClF4N3O3. The second-order valence-electron chi connectivity index (χ2n) is 7.79. The summed E-state index contributed by atoms with van der Waals surface area (Å²) in [6.45, 7) is 0.129. The van der Waals surface area contributed by atoms with Crippen molar-refractivity contribution >= 4 is 23.4 Å². The molecule has 2 amide bonds. The van der Waals surface area contributed by atoms with Crippen LogP contribution in [0.5, 0.6) is 5.75 Å². The van der Waals surface area contributed by atoms with Crippen LogP contribution in [-0.2, 0) is 11.0 Å². The molecule has 182 valence electrons. The first-order valence-corrected chi connectivity index (χ1v) is 10.7. The molecule has 0 saturated heterocycles. The highest BCUT2D eigenvalue weighted by Gasteiger charge is 2.32. The van der Waals surface area contributed by atoms with Crippen LogP contribution in [-0.4, -0.2) is 36.0 Å². The second-order valence-corrected chi connectivity index (χ2v) is 8.20. The molecule has 0 spiro atoms. The highest BCUT2D eigenvalue weighted by molar-refractivity contribution is 6.30. The molecule has 1 aliphatic carbocycles. The lowest BCUT2D eigenvalue weighted by molar-refractivity contribution is -0.141. The molecule has 1 aromatic carbocycles. The van der Waals surface area contributed by atoms with Crippen LogP contribution in [0, 0.1) is 11.7 Å². The van der Waals surface area contributed by atoms with Crippen LogP contribution in [0.25, 0.3) is 0 Å². The monoisotopic (exact) mass is 491 g/mol. The van der Waals surface area contributed by atoms with Gasteiger partial charge >= 0.3 is 6.18 Å². The summed E-state index contributed by atoms with van der Waals surface area (Å²) in [6, 6.07) is 5.76. The Morgan fingerprint density at radius 1 is 1.15 bits per heavy atom. The highest BCUT2D eigenvalue weighted by Crippen LogP contribution is 2.27. The zero-order valence-electron chi connectivity index (χ0n) is 17.4. The van der Waals surface area contributed by atoms with Gasteiger partial charge in [0.1, 0.15) is 17.3 Å². The molecular weight excluding hydrogens is 466 g/mol. The number of alkyl halides is 3. The fourth-order valence-electron chi connectivity index (χ4n) is 3.53. The maximum atomic E-state index is 13.4. The van der Waals surface area contributed by atoms with Crippen LogP contribution >= 0.6 is 11.6 Å². The Morgan fingerprint density at radius 3 is 2.48 bits per heavy atom. The van der Waals surface area contributed by atoms with Crippen molar-refractivity contribution in [3.8, 4) is 5.75 Å². The van der Waals surface area contributed by atoms with Crippen LogP contribution in [0.2, 0.25) is 5.02 Å². The number of benzene rings is 1. The van der Waals surface area contributed by atoms with Crippen molar-refractivity contribution in [2.24, 2.45) is 5.92 Å². The normalized spacial score (nSPS) is 18.5. The Bertz CT molecular complexity index is 989. The lowest BCUT2D eigenvalue weighted by Gasteiger charge is -2.29. The van der Waals surface area contributed by atoms with Gasteiger partial charge in [-0.2, -0.15) is 13.2 Å². The summed E-state index contributed by atoms with van der Waals surface area (Å²) in [4.78, 5) is 27.5. The molecule has 3 rings (SSSR count). The fraction of sp³-hybridized carbons (Fsp3) is 0.409. The molecule has 11 heteroatoms. The molecule has 2 N–H and O–H groups in total. The van der Waals surface area contributed by atoms with Gasteiger partial charge in [0, 0.05) is 27.7 Å². The molecule has 1 aliphatic rings. The van der Waals surface area contributed by atoms with Crippen molar-refractivity contribution < 1.29 is 34.7 Å². The molecule has 0 aliphatic heterocycles. The molecule has 0 bridgehead atoms. The number of nitrogens with zero attached hydrogens (tertiary/aromatic N) is 1. The maximum Gasteiger partial charge on any atom is 0.433 e. The summed E-state index contributed by atoms with van der Waals surface area (Å²) in [6.07, 6.45) is -0.694. The van der Waals surface area contributed by atoms with Crippen LogP contribution in [0.15, 0.2) is 36.5 Å². The van der Waals surface area contributed by atoms with Crippen molar-refractivity contribution in [2.45, 2.75) is 37.9 Å². The fourth-order valence-corrected chi connectivity index (χ4v) is 3.65. The standard InChI is InChI=1S/C22H22ClF4N3O3.2H2/c23-17-7-6-16(9-18(17)24)33-12-20(31)30-15-4-1-13(2-5-15)10-29-21(32)14-3-8-19(28-11-14)22(25,26)27;;/h3,6-9,11,13,15H,1-2,4-5,10,12H2,(H,29,32)(H,30,31);2*1H. The van der Waals surface area contributed by atoms with Gasteiger partial charge in [-0.25, -0.2) is 4.39 Å². The summed E-state index contributed by atoms with van der Waals surface area (Å²) in [5.74, 6) is -1.04. The Morgan fingerprint density at radius 2 is 1.88 bits per heavy atom. The first-order chi connectivity index (χ1) is 15.6. The third kappa shape index (κ3) is 7.31. The molecule has 1 heterocycles. The van der Waals surface area contributed by atoms with Gasteiger partial charge in [0.05, 0.1) is 10.6 Å².